The third-order valence-corrected chi connectivity index (χ3v) is 5.78. The van der Waals surface area contributed by atoms with Crippen molar-refractivity contribution < 1.29 is 5.11 Å². The van der Waals surface area contributed by atoms with Gasteiger partial charge >= 0.3 is 0 Å². The van der Waals surface area contributed by atoms with Gasteiger partial charge < -0.3 is 5.11 Å². The molecule has 1 N–H and O–H groups in total. The number of allylic oxidation sites excluding steroid dienone is 3. The zero-order valence-electron chi connectivity index (χ0n) is 11.1. The second-order valence-electron chi connectivity index (χ2n) is 6.17. The molecule has 0 aromatic carbocycles. The van der Waals surface area contributed by atoms with E-state index in [-0.39, 0.29) is 5.41 Å². The largest absolute Gasteiger partial charge is 0.390 e. The van der Waals surface area contributed by atoms with Gasteiger partial charge in [-0.05, 0) is 51.9 Å². The quantitative estimate of drug-likeness (QED) is 0.635. The van der Waals surface area contributed by atoms with Crippen molar-refractivity contribution in [2.75, 3.05) is 0 Å². The first-order valence-corrected chi connectivity index (χ1v) is 6.92. The number of rotatable bonds is 0. The Morgan fingerprint density at radius 2 is 2.00 bits per heavy atom. The van der Waals surface area contributed by atoms with E-state index >= 15 is 0 Å². The van der Waals surface area contributed by atoms with E-state index in [0.717, 1.165) is 37.1 Å². The first kappa shape index (κ1) is 13.2. The molecule has 0 aliphatic heterocycles. The molecule has 0 amide bonds. The molecule has 1 spiro atoms. The predicted molar refractivity (Wildman–Crippen MR) is 73.0 cm³/mol. The number of hydrogen-bond donors (Lipinski definition) is 1. The summed E-state index contributed by atoms with van der Waals surface area (Å²) < 4.78 is 0. The van der Waals surface area contributed by atoms with Crippen LogP contribution in [0.2, 0.25) is 0 Å². The molecule has 2 aliphatic rings. The van der Waals surface area contributed by atoms with Crippen LogP contribution in [0, 0.1) is 11.3 Å². The fourth-order valence-corrected chi connectivity index (χ4v) is 3.95. The zero-order chi connectivity index (χ0) is 12.8. The highest BCUT2D eigenvalue weighted by Crippen LogP contribution is 2.58. The molecule has 0 bridgehead atoms. The van der Waals surface area contributed by atoms with E-state index in [4.69, 9.17) is 11.6 Å². The van der Waals surface area contributed by atoms with E-state index in [1.165, 1.54) is 11.1 Å². The fraction of sp³-hybridized carbons (Fsp3) is 0.733. The molecule has 2 aliphatic carbocycles. The molecule has 96 valence electrons. The number of aliphatic hydroxyl groups is 1. The van der Waals surface area contributed by atoms with E-state index in [1.807, 2.05) is 6.92 Å². The van der Waals surface area contributed by atoms with Gasteiger partial charge in [0.2, 0.25) is 0 Å². The first-order chi connectivity index (χ1) is 7.80. The topological polar surface area (TPSA) is 20.2 Å². The van der Waals surface area contributed by atoms with Crippen molar-refractivity contribution >= 4 is 11.6 Å². The lowest BCUT2D eigenvalue weighted by molar-refractivity contribution is -0.119. The van der Waals surface area contributed by atoms with Crippen molar-refractivity contribution in [2.24, 2.45) is 11.3 Å². The summed E-state index contributed by atoms with van der Waals surface area (Å²) in [5.74, 6) is 0.355. The molecular weight excluding hydrogens is 232 g/mol. The van der Waals surface area contributed by atoms with Gasteiger partial charge in [-0.3, -0.25) is 0 Å². The van der Waals surface area contributed by atoms with Crippen molar-refractivity contribution in [3.8, 4) is 0 Å². The summed E-state index contributed by atoms with van der Waals surface area (Å²) >= 11 is 6.37. The number of hydrogen-bond acceptors (Lipinski definition) is 1. The highest BCUT2D eigenvalue weighted by molar-refractivity contribution is 6.30. The van der Waals surface area contributed by atoms with E-state index in [9.17, 15) is 5.11 Å². The van der Waals surface area contributed by atoms with Gasteiger partial charge in [0.15, 0.2) is 0 Å². The third-order valence-electron chi connectivity index (χ3n) is 5.33. The Bertz CT molecular complexity index is 380. The van der Waals surface area contributed by atoms with Crippen LogP contribution in [0.15, 0.2) is 22.8 Å². The average Bonchev–Trinajstić information content (AvgIpc) is 2.27. The van der Waals surface area contributed by atoms with E-state index in [1.54, 1.807) is 0 Å². The minimum Gasteiger partial charge on any atom is -0.390 e. The van der Waals surface area contributed by atoms with Gasteiger partial charge in [-0.25, -0.2) is 0 Å². The SMILES string of the molecule is C=C1CCC(C)(O)C2(CCC(C)=C(Cl)C2)C1C. The summed E-state index contributed by atoms with van der Waals surface area (Å²) in [6.45, 7) is 10.5. The minimum absolute atomic E-state index is 0.0983. The molecule has 0 aromatic heterocycles. The molecule has 0 saturated heterocycles. The fourth-order valence-electron chi connectivity index (χ4n) is 3.62. The van der Waals surface area contributed by atoms with Gasteiger partial charge in [-0.2, -0.15) is 0 Å². The molecule has 3 atom stereocenters. The van der Waals surface area contributed by atoms with Gasteiger partial charge in [0.25, 0.3) is 0 Å². The summed E-state index contributed by atoms with van der Waals surface area (Å²) in [6, 6.07) is 0. The summed E-state index contributed by atoms with van der Waals surface area (Å²) in [4.78, 5) is 0. The van der Waals surface area contributed by atoms with Crippen molar-refractivity contribution in [1.82, 2.24) is 0 Å². The normalized spacial score (nSPS) is 43.4. The van der Waals surface area contributed by atoms with Crippen LogP contribution in [-0.4, -0.2) is 10.7 Å². The maximum absolute atomic E-state index is 10.8. The molecule has 17 heavy (non-hydrogen) atoms. The minimum atomic E-state index is -0.617. The Labute approximate surface area is 110 Å². The highest BCUT2D eigenvalue weighted by atomic mass is 35.5. The Balaban J connectivity index is 2.42. The van der Waals surface area contributed by atoms with E-state index in [0.29, 0.717) is 5.92 Å². The molecule has 0 heterocycles. The van der Waals surface area contributed by atoms with Gasteiger partial charge in [0.1, 0.15) is 0 Å². The van der Waals surface area contributed by atoms with Crippen molar-refractivity contribution in [3.63, 3.8) is 0 Å². The third kappa shape index (κ3) is 1.88. The van der Waals surface area contributed by atoms with Gasteiger partial charge in [-0.15, -0.1) is 0 Å². The van der Waals surface area contributed by atoms with Gasteiger partial charge in [-0.1, -0.05) is 36.2 Å². The average molecular weight is 255 g/mol. The van der Waals surface area contributed by atoms with Crippen LogP contribution in [-0.2, 0) is 0 Å². The van der Waals surface area contributed by atoms with Crippen molar-refractivity contribution in [1.29, 1.82) is 0 Å². The second kappa shape index (κ2) is 4.13. The predicted octanol–water partition coefficient (Wildman–Crippen LogP) is 4.41. The van der Waals surface area contributed by atoms with Gasteiger partial charge in [0, 0.05) is 10.4 Å². The highest BCUT2D eigenvalue weighted by Gasteiger charge is 2.54. The van der Waals surface area contributed by atoms with E-state index in [2.05, 4.69) is 20.4 Å². The molecule has 0 radical (unpaired) electrons. The van der Waals surface area contributed by atoms with Crippen molar-refractivity contribution in [3.05, 3.63) is 22.8 Å². The molecule has 1 saturated carbocycles. The van der Waals surface area contributed by atoms with Crippen LogP contribution in [0.1, 0.15) is 52.9 Å². The summed E-state index contributed by atoms with van der Waals surface area (Å²) in [5.41, 5.74) is 1.85. The summed E-state index contributed by atoms with van der Waals surface area (Å²) in [5, 5.41) is 11.8. The van der Waals surface area contributed by atoms with Crippen LogP contribution in [0.4, 0.5) is 0 Å². The van der Waals surface area contributed by atoms with Crippen LogP contribution in [0.25, 0.3) is 0 Å². The lowest BCUT2D eigenvalue weighted by Crippen LogP contribution is -2.54. The molecule has 2 heteroatoms. The zero-order valence-corrected chi connectivity index (χ0v) is 11.9. The molecular formula is C15H23ClO. The van der Waals surface area contributed by atoms with Crippen LogP contribution in [0.3, 0.4) is 0 Å². The summed E-state index contributed by atoms with van der Waals surface area (Å²) in [7, 11) is 0. The second-order valence-corrected chi connectivity index (χ2v) is 6.63. The van der Waals surface area contributed by atoms with Crippen LogP contribution < -0.4 is 0 Å². The maximum Gasteiger partial charge on any atom is 0.0688 e. The lowest BCUT2D eigenvalue weighted by atomic mass is 9.52. The molecule has 0 aromatic rings. The summed E-state index contributed by atoms with van der Waals surface area (Å²) in [6.07, 6.45) is 4.61. The lowest BCUT2D eigenvalue weighted by Gasteiger charge is -2.55. The molecule has 3 unspecified atom stereocenters. The molecule has 2 rings (SSSR count). The smallest absolute Gasteiger partial charge is 0.0688 e. The Morgan fingerprint density at radius 1 is 1.35 bits per heavy atom. The standard InChI is InChI=1S/C15H23ClO/c1-10-5-7-14(4,17)15(12(10)3)8-6-11(2)13(16)9-15/h12,17H,1,5-9H2,2-4H3. The first-order valence-electron chi connectivity index (χ1n) is 6.54. The van der Waals surface area contributed by atoms with Gasteiger partial charge in [0.05, 0.1) is 5.60 Å². The van der Waals surface area contributed by atoms with E-state index < -0.39 is 5.60 Å². The van der Waals surface area contributed by atoms with Crippen LogP contribution >= 0.6 is 11.6 Å². The molecule has 1 fully saturated rings. The molecule has 1 nitrogen and oxygen atoms in total. The maximum atomic E-state index is 10.8. The van der Waals surface area contributed by atoms with Crippen molar-refractivity contribution in [2.45, 2.75) is 58.5 Å². The Hall–Kier alpha value is -0.270. The number of halogens is 1. The Morgan fingerprint density at radius 3 is 2.59 bits per heavy atom. The van der Waals surface area contributed by atoms with Crippen LogP contribution in [0.5, 0.6) is 0 Å². The Kier molecular flexibility index (Phi) is 3.20. The monoisotopic (exact) mass is 254 g/mol.